The van der Waals surface area contributed by atoms with E-state index in [0.717, 1.165) is 0 Å². The average molecular weight is 376 g/mol. The Labute approximate surface area is 153 Å². The zero-order chi connectivity index (χ0) is 19.1. The van der Waals surface area contributed by atoms with Gasteiger partial charge in [-0.1, -0.05) is 37.6 Å². The summed E-state index contributed by atoms with van der Waals surface area (Å²) in [5, 5.41) is 0.449. The topological polar surface area (TPSA) is 39.1 Å². The molecular formula is C20H16ClF2NO2. The van der Waals surface area contributed by atoms with Crippen LogP contribution < -0.4 is 5.56 Å². The van der Waals surface area contributed by atoms with Crippen molar-refractivity contribution in [1.29, 1.82) is 0 Å². The third-order valence-corrected chi connectivity index (χ3v) is 4.81. The Balaban J connectivity index is 2.31. The maximum atomic E-state index is 14.7. The highest BCUT2D eigenvalue weighted by molar-refractivity contribution is 6.33. The maximum absolute atomic E-state index is 14.7. The van der Waals surface area contributed by atoms with Crippen LogP contribution in [0.3, 0.4) is 0 Å². The molecule has 0 unspecified atom stereocenters. The van der Waals surface area contributed by atoms with Gasteiger partial charge in [-0.25, -0.2) is 4.39 Å². The van der Waals surface area contributed by atoms with Gasteiger partial charge in [-0.05, 0) is 35.2 Å². The Morgan fingerprint density at radius 1 is 1.23 bits per heavy atom. The molecule has 0 aliphatic heterocycles. The normalized spacial score (nSPS) is 11.7. The Hall–Kier alpha value is -2.53. The lowest BCUT2D eigenvalue weighted by atomic mass is 9.85. The summed E-state index contributed by atoms with van der Waals surface area (Å²) in [4.78, 5) is 24.2. The third-order valence-electron chi connectivity index (χ3n) is 4.48. The second-order valence-electron chi connectivity index (χ2n) is 6.72. The third kappa shape index (κ3) is 2.92. The minimum atomic E-state index is -0.860. The molecule has 3 rings (SSSR count). The van der Waals surface area contributed by atoms with Crippen molar-refractivity contribution in [3.8, 4) is 5.69 Å². The molecule has 0 saturated carbocycles. The minimum absolute atomic E-state index is 0.122. The molecule has 26 heavy (non-hydrogen) atoms. The molecule has 0 N–H and O–H groups in total. The fourth-order valence-electron chi connectivity index (χ4n) is 2.84. The van der Waals surface area contributed by atoms with E-state index < -0.39 is 23.5 Å². The van der Waals surface area contributed by atoms with Crippen molar-refractivity contribution in [2.45, 2.75) is 19.3 Å². The van der Waals surface area contributed by atoms with Crippen molar-refractivity contribution in [1.82, 2.24) is 4.57 Å². The summed E-state index contributed by atoms with van der Waals surface area (Å²) in [6, 6.07) is 9.06. The summed E-state index contributed by atoms with van der Waals surface area (Å²) in [6.45, 7) is 2.68. The summed E-state index contributed by atoms with van der Waals surface area (Å²) in [5.74, 6) is -0.729. The smallest absolute Gasteiger partial charge is 0.265 e. The van der Waals surface area contributed by atoms with Crippen molar-refractivity contribution < 1.29 is 13.6 Å². The van der Waals surface area contributed by atoms with Crippen molar-refractivity contribution in [3.05, 3.63) is 74.9 Å². The second kappa shape index (κ2) is 6.65. The lowest BCUT2D eigenvalue weighted by molar-refractivity contribution is 0.112. The van der Waals surface area contributed by atoms with Crippen LogP contribution in [0.2, 0.25) is 5.02 Å². The first-order valence-electron chi connectivity index (χ1n) is 7.95. The van der Waals surface area contributed by atoms with E-state index >= 15 is 0 Å². The van der Waals surface area contributed by atoms with Gasteiger partial charge in [0.1, 0.15) is 5.82 Å². The van der Waals surface area contributed by atoms with E-state index in [-0.39, 0.29) is 21.7 Å². The van der Waals surface area contributed by atoms with Gasteiger partial charge in [-0.15, -0.1) is 0 Å². The SMILES string of the molecule is CC(C)(CF)c1cc(F)c2c(=O)n(-c3cccc(Cl)c3C=O)ccc2c1. The van der Waals surface area contributed by atoms with Gasteiger partial charge in [0.2, 0.25) is 0 Å². The van der Waals surface area contributed by atoms with E-state index in [1.165, 1.54) is 22.9 Å². The van der Waals surface area contributed by atoms with E-state index in [1.807, 2.05) is 0 Å². The standard InChI is InChI=1S/C20H16ClF2NO2/c1-20(2,11-22)13-8-12-6-7-24(19(26)18(12)16(23)9-13)17-5-3-4-15(21)14(17)10-25/h3-10H,11H2,1-2H3. The van der Waals surface area contributed by atoms with Crippen LogP contribution in [0.15, 0.2) is 47.4 Å². The summed E-state index contributed by atoms with van der Waals surface area (Å²) < 4.78 is 29.1. The highest BCUT2D eigenvalue weighted by Gasteiger charge is 2.23. The van der Waals surface area contributed by atoms with E-state index in [4.69, 9.17) is 11.6 Å². The van der Waals surface area contributed by atoms with Crippen LogP contribution in [0.4, 0.5) is 8.78 Å². The Morgan fingerprint density at radius 2 is 1.96 bits per heavy atom. The predicted octanol–water partition coefficient (Wildman–Crippen LogP) is 4.84. The van der Waals surface area contributed by atoms with E-state index in [1.54, 1.807) is 38.1 Å². The molecule has 3 aromatic rings. The molecule has 0 aliphatic carbocycles. The number of carbonyl (C=O) groups excluding carboxylic acids is 1. The molecule has 1 aromatic heterocycles. The maximum Gasteiger partial charge on any atom is 0.265 e. The molecule has 3 nitrogen and oxygen atoms in total. The highest BCUT2D eigenvalue weighted by atomic mass is 35.5. The van der Waals surface area contributed by atoms with Crippen LogP contribution in [0.25, 0.3) is 16.5 Å². The molecule has 6 heteroatoms. The van der Waals surface area contributed by atoms with Crippen molar-refractivity contribution >= 4 is 28.7 Å². The number of fused-ring (bicyclic) bond motifs is 1. The molecule has 0 atom stereocenters. The number of nitrogens with zero attached hydrogens (tertiary/aromatic N) is 1. The van der Waals surface area contributed by atoms with Gasteiger partial charge in [0.25, 0.3) is 5.56 Å². The molecule has 0 radical (unpaired) electrons. The number of benzene rings is 2. The predicted molar refractivity (Wildman–Crippen MR) is 98.9 cm³/mol. The van der Waals surface area contributed by atoms with Gasteiger partial charge in [0.05, 0.1) is 28.3 Å². The number of carbonyl (C=O) groups is 1. The van der Waals surface area contributed by atoms with E-state index in [9.17, 15) is 18.4 Å². The Morgan fingerprint density at radius 3 is 2.62 bits per heavy atom. The summed E-state index contributed by atoms with van der Waals surface area (Å²) in [5.41, 5.74) is -0.590. The van der Waals surface area contributed by atoms with Crippen molar-refractivity contribution in [2.75, 3.05) is 6.67 Å². The summed E-state index contributed by atoms with van der Waals surface area (Å²) in [6.07, 6.45) is 2.01. The van der Waals surface area contributed by atoms with Gasteiger partial charge in [-0.2, -0.15) is 0 Å². The second-order valence-corrected chi connectivity index (χ2v) is 7.13. The van der Waals surface area contributed by atoms with Crippen LogP contribution in [-0.4, -0.2) is 17.5 Å². The van der Waals surface area contributed by atoms with Crippen LogP contribution in [-0.2, 0) is 5.41 Å². The van der Waals surface area contributed by atoms with Crippen LogP contribution in [0.5, 0.6) is 0 Å². The number of aldehydes is 1. The molecule has 2 aromatic carbocycles. The average Bonchev–Trinajstić information content (AvgIpc) is 2.61. The first-order chi connectivity index (χ1) is 12.3. The summed E-state index contributed by atoms with van der Waals surface area (Å²) in [7, 11) is 0. The number of rotatable bonds is 4. The number of hydrogen-bond donors (Lipinski definition) is 0. The fraction of sp³-hybridized carbons (Fsp3) is 0.200. The first-order valence-corrected chi connectivity index (χ1v) is 8.33. The van der Waals surface area contributed by atoms with E-state index in [0.29, 0.717) is 17.2 Å². The minimum Gasteiger partial charge on any atom is -0.298 e. The molecule has 0 saturated heterocycles. The molecule has 0 bridgehead atoms. The molecule has 0 spiro atoms. The number of halogens is 3. The van der Waals surface area contributed by atoms with Crippen LogP contribution >= 0.6 is 11.6 Å². The number of aromatic nitrogens is 1. The molecule has 1 heterocycles. The number of pyridine rings is 1. The monoisotopic (exact) mass is 375 g/mol. The molecule has 0 fully saturated rings. The molecular weight excluding hydrogens is 360 g/mol. The highest BCUT2D eigenvalue weighted by Crippen LogP contribution is 2.28. The van der Waals surface area contributed by atoms with Gasteiger partial charge in [0.15, 0.2) is 6.29 Å². The van der Waals surface area contributed by atoms with Gasteiger partial charge in [-0.3, -0.25) is 18.5 Å². The van der Waals surface area contributed by atoms with Crippen molar-refractivity contribution in [2.24, 2.45) is 0 Å². The zero-order valence-corrected chi connectivity index (χ0v) is 15.0. The van der Waals surface area contributed by atoms with Crippen LogP contribution in [0, 0.1) is 5.82 Å². The van der Waals surface area contributed by atoms with Crippen molar-refractivity contribution in [3.63, 3.8) is 0 Å². The Bertz CT molecular complexity index is 1070. The van der Waals surface area contributed by atoms with E-state index in [2.05, 4.69) is 0 Å². The number of hydrogen-bond acceptors (Lipinski definition) is 2. The van der Waals surface area contributed by atoms with Gasteiger partial charge in [0, 0.05) is 11.6 Å². The lowest BCUT2D eigenvalue weighted by Crippen LogP contribution is -2.22. The molecule has 0 amide bonds. The summed E-state index contributed by atoms with van der Waals surface area (Å²) >= 11 is 6.01. The zero-order valence-electron chi connectivity index (χ0n) is 14.2. The largest absolute Gasteiger partial charge is 0.298 e. The van der Waals surface area contributed by atoms with Gasteiger partial charge >= 0.3 is 0 Å². The van der Waals surface area contributed by atoms with Gasteiger partial charge < -0.3 is 0 Å². The first kappa shape index (κ1) is 18.3. The quantitative estimate of drug-likeness (QED) is 0.612. The lowest BCUT2D eigenvalue weighted by Gasteiger charge is -2.22. The molecule has 0 aliphatic rings. The number of alkyl halides is 1. The molecule has 134 valence electrons. The Kier molecular flexibility index (Phi) is 4.67. The van der Waals surface area contributed by atoms with Crippen LogP contribution in [0.1, 0.15) is 29.8 Å². The fourth-order valence-corrected chi connectivity index (χ4v) is 3.05.